The quantitative estimate of drug-likeness (QED) is 0.727. The second-order valence-electron chi connectivity index (χ2n) is 5.49. The Morgan fingerprint density at radius 2 is 2.39 bits per heavy atom. The van der Waals surface area contributed by atoms with Crippen molar-refractivity contribution in [3.05, 3.63) is 11.1 Å². The van der Waals surface area contributed by atoms with Crippen LogP contribution in [0.4, 0.5) is 0 Å². The molecule has 2 aliphatic rings. The lowest BCUT2D eigenvalue weighted by atomic mass is 10.1. The maximum absolute atomic E-state index is 12.1. The molecule has 124 valence electrons. The standard InChI is InChI=1S/C14H18N4O3S2/c1-2-22-14-17-9(7-23-14)4-11(19)16-8-3-10-13(21)15-5-12(20)18(10)6-8/h7-8,10H,2-6H2,1H3,(H,15,21)(H,16,19)/t8-,10+/m1/s1. The molecule has 2 aliphatic heterocycles. The average Bonchev–Trinajstić information content (AvgIpc) is 3.11. The van der Waals surface area contributed by atoms with Gasteiger partial charge in [-0.25, -0.2) is 4.98 Å². The Hall–Kier alpha value is -1.61. The molecule has 23 heavy (non-hydrogen) atoms. The third kappa shape index (κ3) is 3.66. The predicted molar refractivity (Wildman–Crippen MR) is 87.3 cm³/mol. The number of nitrogens with zero attached hydrogens (tertiary/aromatic N) is 2. The van der Waals surface area contributed by atoms with Crippen LogP contribution < -0.4 is 10.6 Å². The molecule has 3 amide bonds. The van der Waals surface area contributed by atoms with Crippen LogP contribution in [-0.2, 0) is 20.8 Å². The molecule has 1 aromatic heterocycles. The molecule has 1 aromatic rings. The van der Waals surface area contributed by atoms with Crippen LogP contribution >= 0.6 is 23.1 Å². The molecular formula is C14H18N4O3S2. The summed E-state index contributed by atoms with van der Waals surface area (Å²) in [5.41, 5.74) is 0.757. The van der Waals surface area contributed by atoms with E-state index >= 15 is 0 Å². The minimum atomic E-state index is -0.451. The molecule has 2 atom stereocenters. The molecule has 2 fully saturated rings. The van der Waals surface area contributed by atoms with Gasteiger partial charge in [-0.2, -0.15) is 0 Å². The maximum atomic E-state index is 12.1. The summed E-state index contributed by atoms with van der Waals surface area (Å²) < 4.78 is 0.968. The first kappa shape index (κ1) is 16.3. The number of thiazole rings is 1. The summed E-state index contributed by atoms with van der Waals surface area (Å²) in [6, 6.07) is -0.628. The van der Waals surface area contributed by atoms with Crippen LogP contribution in [0, 0.1) is 0 Å². The molecule has 3 heterocycles. The second kappa shape index (κ2) is 6.88. The van der Waals surface area contributed by atoms with Gasteiger partial charge in [0, 0.05) is 18.0 Å². The van der Waals surface area contributed by atoms with Gasteiger partial charge in [-0.05, 0) is 12.2 Å². The molecule has 3 rings (SSSR count). The monoisotopic (exact) mass is 354 g/mol. The average molecular weight is 354 g/mol. The van der Waals surface area contributed by atoms with Crippen molar-refractivity contribution in [2.24, 2.45) is 0 Å². The first-order valence-corrected chi connectivity index (χ1v) is 9.37. The van der Waals surface area contributed by atoms with E-state index < -0.39 is 6.04 Å². The van der Waals surface area contributed by atoms with Gasteiger partial charge in [0.2, 0.25) is 17.7 Å². The Balaban J connectivity index is 1.54. The summed E-state index contributed by atoms with van der Waals surface area (Å²) in [5.74, 6) is 0.601. The lowest BCUT2D eigenvalue weighted by Gasteiger charge is -2.28. The molecule has 2 saturated heterocycles. The molecule has 0 spiro atoms. The highest BCUT2D eigenvalue weighted by molar-refractivity contribution is 8.00. The first-order chi connectivity index (χ1) is 11.1. The Morgan fingerprint density at radius 3 is 3.13 bits per heavy atom. The molecule has 0 saturated carbocycles. The van der Waals surface area contributed by atoms with Gasteiger partial charge in [0.1, 0.15) is 10.4 Å². The number of hydrogen-bond acceptors (Lipinski definition) is 6. The number of carbonyl (C=O) groups is 3. The minimum Gasteiger partial charge on any atom is -0.351 e. The van der Waals surface area contributed by atoms with Crippen molar-refractivity contribution in [2.45, 2.75) is 36.2 Å². The van der Waals surface area contributed by atoms with E-state index in [0.717, 1.165) is 15.8 Å². The van der Waals surface area contributed by atoms with E-state index in [1.54, 1.807) is 28.0 Å². The fourth-order valence-corrected chi connectivity index (χ4v) is 4.59. The number of hydrogen-bond donors (Lipinski definition) is 2. The van der Waals surface area contributed by atoms with Gasteiger partial charge < -0.3 is 15.5 Å². The molecule has 0 aromatic carbocycles. The molecule has 9 heteroatoms. The van der Waals surface area contributed by atoms with E-state index in [-0.39, 0.29) is 36.7 Å². The summed E-state index contributed by atoms with van der Waals surface area (Å²) >= 11 is 3.20. The second-order valence-corrected chi connectivity index (χ2v) is 7.86. The molecule has 7 nitrogen and oxygen atoms in total. The predicted octanol–water partition coefficient (Wildman–Crippen LogP) is 0.0131. The number of amides is 3. The van der Waals surface area contributed by atoms with Gasteiger partial charge in [-0.15, -0.1) is 11.3 Å². The summed E-state index contributed by atoms with van der Waals surface area (Å²) in [6.07, 6.45) is 0.694. The first-order valence-electron chi connectivity index (χ1n) is 7.50. The summed E-state index contributed by atoms with van der Waals surface area (Å²) in [7, 11) is 0. The Morgan fingerprint density at radius 1 is 1.57 bits per heavy atom. The van der Waals surface area contributed by atoms with E-state index in [1.807, 2.05) is 5.38 Å². The number of piperazine rings is 1. The van der Waals surface area contributed by atoms with Crippen molar-refractivity contribution < 1.29 is 14.4 Å². The third-order valence-corrected chi connectivity index (χ3v) is 5.80. The summed E-state index contributed by atoms with van der Waals surface area (Å²) in [5, 5.41) is 7.38. The normalized spacial score (nSPS) is 23.6. The zero-order chi connectivity index (χ0) is 16.4. The van der Waals surface area contributed by atoms with E-state index in [1.165, 1.54) is 0 Å². The van der Waals surface area contributed by atoms with Gasteiger partial charge in [-0.3, -0.25) is 14.4 Å². The van der Waals surface area contributed by atoms with Gasteiger partial charge in [0.25, 0.3) is 0 Å². The fraction of sp³-hybridized carbons (Fsp3) is 0.571. The van der Waals surface area contributed by atoms with Crippen LogP contribution in [0.15, 0.2) is 9.72 Å². The van der Waals surface area contributed by atoms with E-state index in [0.29, 0.717) is 13.0 Å². The number of fused-ring (bicyclic) bond motifs is 1. The number of thioether (sulfide) groups is 1. The minimum absolute atomic E-state index is 0.0483. The zero-order valence-corrected chi connectivity index (χ0v) is 14.3. The molecule has 0 radical (unpaired) electrons. The SMILES string of the molecule is CCSc1nc(CC(=O)N[C@@H]2C[C@H]3C(=O)NCC(=O)N3C2)cs1. The summed E-state index contributed by atoms with van der Waals surface area (Å²) in [4.78, 5) is 41.7. The molecule has 0 unspecified atom stereocenters. The number of aromatic nitrogens is 1. The van der Waals surface area contributed by atoms with Crippen molar-refractivity contribution in [2.75, 3.05) is 18.8 Å². The fourth-order valence-electron chi connectivity index (χ4n) is 2.85. The Kier molecular flexibility index (Phi) is 4.86. The smallest absolute Gasteiger partial charge is 0.243 e. The van der Waals surface area contributed by atoms with Gasteiger partial charge >= 0.3 is 0 Å². The molecule has 0 bridgehead atoms. The van der Waals surface area contributed by atoms with Crippen LogP contribution in [0.25, 0.3) is 0 Å². The number of carbonyl (C=O) groups excluding carboxylic acids is 3. The van der Waals surface area contributed by atoms with Crippen molar-refractivity contribution in [1.29, 1.82) is 0 Å². The third-order valence-electron chi connectivity index (χ3n) is 3.84. The van der Waals surface area contributed by atoms with Crippen LogP contribution in [0.1, 0.15) is 19.0 Å². The summed E-state index contributed by atoms with van der Waals surface area (Å²) in [6.45, 7) is 2.51. The Labute approximate surface area is 142 Å². The highest BCUT2D eigenvalue weighted by Gasteiger charge is 2.42. The van der Waals surface area contributed by atoms with E-state index in [2.05, 4.69) is 22.5 Å². The topological polar surface area (TPSA) is 91.4 Å². The van der Waals surface area contributed by atoms with Crippen LogP contribution in [0.3, 0.4) is 0 Å². The van der Waals surface area contributed by atoms with Crippen molar-refractivity contribution >= 4 is 40.8 Å². The van der Waals surface area contributed by atoms with E-state index in [4.69, 9.17) is 0 Å². The van der Waals surface area contributed by atoms with Crippen molar-refractivity contribution in [3.8, 4) is 0 Å². The molecule has 0 aliphatic carbocycles. The van der Waals surface area contributed by atoms with Crippen molar-refractivity contribution in [3.63, 3.8) is 0 Å². The molecule has 2 N–H and O–H groups in total. The maximum Gasteiger partial charge on any atom is 0.243 e. The highest BCUT2D eigenvalue weighted by atomic mass is 32.2. The highest BCUT2D eigenvalue weighted by Crippen LogP contribution is 2.23. The molecular weight excluding hydrogens is 336 g/mol. The van der Waals surface area contributed by atoms with Gasteiger partial charge in [0.15, 0.2) is 0 Å². The van der Waals surface area contributed by atoms with Gasteiger partial charge in [0.05, 0.1) is 18.7 Å². The van der Waals surface area contributed by atoms with Crippen LogP contribution in [0.5, 0.6) is 0 Å². The largest absolute Gasteiger partial charge is 0.351 e. The lowest BCUT2D eigenvalue weighted by Crippen LogP contribution is -2.55. The van der Waals surface area contributed by atoms with Gasteiger partial charge in [-0.1, -0.05) is 18.7 Å². The van der Waals surface area contributed by atoms with Crippen LogP contribution in [0.2, 0.25) is 0 Å². The zero-order valence-electron chi connectivity index (χ0n) is 12.7. The van der Waals surface area contributed by atoms with Crippen molar-refractivity contribution in [1.82, 2.24) is 20.5 Å². The number of nitrogens with one attached hydrogen (secondary N) is 2. The Bertz CT molecular complexity index is 609. The van der Waals surface area contributed by atoms with E-state index in [9.17, 15) is 14.4 Å². The lowest BCUT2D eigenvalue weighted by molar-refractivity contribution is -0.143. The number of rotatable bonds is 5. The van der Waals surface area contributed by atoms with Crippen LogP contribution in [-0.4, -0.2) is 58.5 Å².